The molecule has 0 bridgehead atoms. The first-order valence-electron chi connectivity index (χ1n) is 5.41. The van der Waals surface area contributed by atoms with Crippen LogP contribution in [-0.4, -0.2) is 68.1 Å². The van der Waals surface area contributed by atoms with Gasteiger partial charge in [0.1, 0.15) is 6.61 Å². The van der Waals surface area contributed by atoms with E-state index in [1.165, 1.54) is 7.11 Å². The van der Waals surface area contributed by atoms with E-state index in [-0.39, 0.29) is 25.0 Å². The predicted molar refractivity (Wildman–Crippen MR) is 58.7 cm³/mol. The molecule has 0 atom stereocenters. The van der Waals surface area contributed by atoms with Gasteiger partial charge in [0, 0.05) is 33.3 Å². The summed E-state index contributed by atoms with van der Waals surface area (Å²) in [7, 11) is 1.51. The summed E-state index contributed by atoms with van der Waals surface area (Å²) in [4.78, 5) is 26.1. The van der Waals surface area contributed by atoms with Crippen molar-refractivity contribution >= 4 is 11.8 Å². The Hall–Kier alpha value is -1.14. The second kappa shape index (κ2) is 6.44. The fraction of sp³-hybridized carbons (Fsp3) is 0.800. The minimum atomic E-state index is -0.323. The molecule has 0 aromatic rings. The van der Waals surface area contributed by atoms with E-state index in [1.807, 2.05) is 4.90 Å². The summed E-state index contributed by atoms with van der Waals surface area (Å²) in [5.41, 5.74) is 5.14. The highest BCUT2D eigenvalue weighted by Crippen LogP contribution is 2.03. The van der Waals surface area contributed by atoms with E-state index in [0.29, 0.717) is 13.1 Å². The third kappa shape index (κ3) is 4.16. The number of rotatable bonds is 4. The first-order chi connectivity index (χ1) is 7.63. The van der Waals surface area contributed by atoms with Gasteiger partial charge in [-0.3, -0.25) is 14.5 Å². The number of hydrogen-bond donors (Lipinski definition) is 1. The van der Waals surface area contributed by atoms with Gasteiger partial charge in [-0.05, 0) is 6.42 Å². The Morgan fingerprint density at radius 1 is 1.25 bits per heavy atom. The highest BCUT2D eigenvalue weighted by molar-refractivity contribution is 5.77. The Kier molecular flexibility index (Phi) is 5.21. The van der Waals surface area contributed by atoms with Crippen LogP contribution in [0.2, 0.25) is 0 Å². The van der Waals surface area contributed by atoms with Crippen LogP contribution in [0.4, 0.5) is 0 Å². The van der Waals surface area contributed by atoms with E-state index in [2.05, 4.69) is 0 Å². The molecule has 16 heavy (non-hydrogen) atoms. The maximum absolute atomic E-state index is 11.6. The zero-order chi connectivity index (χ0) is 12.0. The van der Waals surface area contributed by atoms with Gasteiger partial charge in [-0.1, -0.05) is 0 Å². The van der Waals surface area contributed by atoms with Crippen molar-refractivity contribution in [2.24, 2.45) is 5.73 Å². The van der Waals surface area contributed by atoms with E-state index in [4.69, 9.17) is 10.5 Å². The normalized spacial score (nSPS) is 18.2. The van der Waals surface area contributed by atoms with Crippen LogP contribution < -0.4 is 5.73 Å². The molecule has 1 rings (SSSR count). The summed E-state index contributed by atoms with van der Waals surface area (Å²) in [6.07, 6.45) is 0.864. The van der Waals surface area contributed by atoms with Crippen LogP contribution in [0.5, 0.6) is 0 Å². The SMILES string of the molecule is COCC(=O)N1CCCN(CC(N)=O)CC1. The molecular weight excluding hydrogens is 210 g/mol. The van der Waals surface area contributed by atoms with Crippen molar-refractivity contribution in [1.29, 1.82) is 0 Å². The first-order valence-corrected chi connectivity index (χ1v) is 5.41. The number of carbonyl (C=O) groups is 2. The van der Waals surface area contributed by atoms with Crippen LogP contribution in [0.3, 0.4) is 0 Å². The minimum Gasteiger partial charge on any atom is -0.375 e. The topological polar surface area (TPSA) is 75.9 Å². The highest BCUT2D eigenvalue weighted by atomic mass is 16.5. The molecule has 0 saturated carbocycles. The summed E-state index contributed by atoms with van der Waals surface area (Å²) < 4.78 is 4.81. The molecule has 6 nitrogen and oxygen atoms in total. The number of carbonyl (C=O) groups excluding carboxylic acids is 2. The molecule has 0 unspecified atom stereocenters. The van der Waals surface area contributed by atoms with E-state index < -0.39 is 0 Å². The van der Waals surface area contributed by atoms with E-state index in [9.17, 15) is 9.59 Å². The van der Waals surface area contributed by atoms with Crippen molar-refractivity contribution in [3.8, 4) is 0 Å². The number of ether oxygens (including phenoxy) is 1. The maximum atomic E-state index is 11.6. The molecule has 6 heteroatoms. The average molecular weight is 229 g/mol. The molecule has 0 aromatic carbocycles. The monoisotopic (exact) mass is 229 g/mol. The van der Waals surface area contributed by atoms with Crippen LogP contribution in [0.15, 0.2) is 0 Å². The van der Waals surface area contributed by atoms with Crippen LogP contribution in [-0.2, 0) is 14.3 Å². The fourth-order valence-corrected chi connectivity index (χ4v) is 1.81. The number of hydrogen-bond acceptors (Lipinski definition) is 4. The zero-order valence-electron chi connectivity index (χ0n) is 9.65. The number of nitrogens with two attached hydrogens (primary N) is 1. The standard InChI is InChI=1S/C10H19N3O3/c1-16-8-10(15)13-4-2-3-12(5-6-13)7-9(11)14/h2-8H2,1H3,(H2,11,14). The van der Waals surface area contributed by atoms with Crippen LogP contribution in [0, 0.1) is 0 Å². The van der Waals surface area contributed by atoms with Gasteiger partial charge in [0.25, 0.3) is 0 Å². The Balaban J connectivity index is 2.39. The number of nitrogens with zero attached hydrogens (tertiary/aromatic N) is 2. The van der Waals surface area contributed by atoms with E-state index in [1.54, 1.807) is 4.90 Å². The van der Waals surface area contributed by atoms with Crippen molar-refractivity contribution in [2.75, 3.05) is 46.4 Å². The average Bonchev–Trinajstić information content (AvgIpc) is 2.43. The molecule has 0 aromatic heterocycles. The molecule has 1 heterocycles. The lowest BCUT2D eigenvalue weighted by Crippen LogP contribution is -2.39. The van der Waals surface area contributed by atoms with Gasteiger partial charge in [-0.25, -0.2) is 0 Å². The Bertz CT molecular complexity index is 258. The number of amides is 2. The molecule has 2 amide bonds. The fourth-order valence-electron chi connectivity index (χ4n) is 1.81. The van der Waals surface area contributed by atoms with E-state index >= 15 is 0 Å². The molecule has 0 aliphatic carbocycles. The zero-order valence-corrected chi connectivity index (χ0v) is 9.65. The third-order valence-electron chi connectivity index (χ3n) is 2.59. The summed E-state index contributed by atoms with van der Waals surface area (Å²) in [5.74, 6) is -0.319. The third-order valence-corrected chi connectivity index (χ3v) is 2.59. The molecule has 1 saturated heterocycles. The molecule has 0 radical (unpaired) electrons. The van der Waals surface area contributed by atoms with Gasteiger partial charge >= 0.3 is 0 Å². The Labute approximate surface area is 95.3 Å². The van der Waals surface area contributed by atoms with Gasteiger partial charge in [0.2, 0.25) is 11.8 Å². The first kappa shape index (κ1) is 12.9. The summed E-state index contributed by atoms with van der Waals surface area (Å²) >= 11 is 0. The lowest BCUT2D eigenvalue weighted by atomic mass is 10.3. The molecule has 1 aliphatic rings. The van der Waals surface area contributed by atoms with Gasteiger partial charge in [-0.2, -0.15) is 0 Å². The van der Waals surface area contributed by atoms with Gasteiger partial charge in [0.15, 0.2) is 0 Å². The second-order valence-electron chi connectivity index (χ2n) is 3.91. The van der Waals surface area contributed by atoms with Crippen molar-refractivity contribution in [3.05, 3.63) is 0 Å². The maximum Gasteiger partial charge on any atom is 0.248 e. The van der Waals surface area contributed by atoms with Crippen molar-refractivity contribution < 1.29 is 14.3 Å². The molecule has 2 N–H and O–H groups in total. The van der Waals surface area contributed by atoms with Crippen LogP contribution in [0.1, 0.15) is 6.42 Å². The minimum absolute atomic E-state index is 0.00317. The molecule has 1 fully saturated rings. The lowest BCUT2D eigenvalue weighted by Gasteiger charge is -2.20. The van der Waals surface area contributed by atoms with Crippen molar-refractivity contribution in [2.45, 2.75) is 6.42 Å². The van der Waals surface area contributed by atoms with E-state index in [0.717, 1.165) is 19.5 Å². The quantitative estimate of drug-likeness (QED) is 0.647. The Morgan fingerprint density at radius 3 is 2.62 bits per heavy atom. The second-order valence-corrected chi connectivity index (χ2v) is 3.91. The number of primary amides is 1. The van der Waals surface area contributed by atoms with Gasteiger partial charge < -0.3 is 15.4 Å². The van der Waals surface area contributed by atoms with Crippen molar-refractivity contribution in [3.63, 3.8) is 0 Å². The molecular formula is C10H19N3O3. The van der Waals surface area contributed by atoms with Crippen LogP contribution in [0.25, 0.3) is 0 Å². The lowest BCUT2D eigenvalue weighted by molar-refractivity contribution is -0.135. The van der Waals surface area contributed by atoms with Gasteiger partial charge in [0.05, 0.1) is 6.54 Å². The van der Waals surface area contributed by atoms with Crippen LogP contribution >= 0.6 is 0 Å². The molecule has 92 valence electrons. The molecule has 1 aliphatic heterocycles. The predicted octanol–water partition coefficient (Wildman–Crippen LogP) is -1.35. The summed E-state index contributed by atoms with van der Waals surface area (Å²) in [5, 5.41) is 0. The Morgan fingerprint density at radius 2 is 2.00 bits per heavy atom. The van der Waals surface area contributed by atoms with Crippen molar-refractivity contribution in [1.82, 2.24) is 9.80 Å². The number of methoxy groups -OCH3 is 1. The highest BCUT2D eigenvalue weighted by Gasteiger charge is 2.19. The summed E-state index contributed by atoms with van der Waals surface area (Å²) in [6.45, 7) is 3.24. The van der Waals surface area contributed by atoms with Gasteiger partial charge in [-0.15, -0.1) is 0 Å². The molecule has 0 spiro atoms. The summed E-state index contributed by atoms with van der Waals surface area (Å²) in [6, 6.07) is 0. The smallest absolute Gasteiger partial charge is 0.248 e. The largest absolute Gasteiger partial charge is 0.375 e.